The molecule has 2 N–H and O–H groups in total. The quantitative estimate of drug-likeness (QED) is 0.384. The van der Waals surface area contributed by atoms with Crippen LogP contribution in [0.15, 0.2) is 48.7 Å². The van der Waals surface area contributed by atoms with E-state index in [-0.39, 0.29) is 11.3 Å². The van der Waals surface area contributed by atoms with Crippen LogP contribution in [0.2, 0.25) is 0 Å². The van der Waals surface area contributed by atoms with Crippen LogP contribution in [0, 0.1) is 0 Å². The number of hydrogen-bond donors (Lipinski definition) is 2. The molecule has 40 heavy (non-hydrogen) atoms. The van der Waals surface area contributed by atoms with Crippen molar-refractivity contribution < 1.29 is 14.2 Å². The van der Waals surface area contributed by atoms with E-state index in [1.165, 1.54) is 12.8 Å². The Kier molecular flexibility index (Phi) is 5.60. The van der Waals surface area contributed by atoms with Gasteiger partial charge < -0.3 is 20.1 Å². The molecule has 4 aliphatic rings. The van der Waals surface area contributed by atoms with E-state index in [2.05, 4.69) is 21.2 Å². The molecule has 8 rings (SSSR count). The van der Waals surface area contributed by atoms with Crippen LogP contribution < -0.4 is 15.0 Å². The van der Waals surface area contributed by atoms with Crippen molar-refractivity contribution in [2.24, 2.45) is 0 Å². The van der Waals surface area contributed by atoms with Crippen LogP contribution in [0.1, 0.15) is 32.1 Å². The van der Waals surface area contributed by atoms with Crippen molar-refractivity contribution in [1.82, 2.24) is 25.2 Å². The summed E-state index contributed by atoms with van der Waals surface area (Å²) in [7, 11) is 0. The second-order valence-electron chi connectivity index (χ2n) is 12.0. The van der Waals surface area contributed by atoms with Crippen molar-refractivity contribution in [3.63, 3.8) is 0 Å². The van der Waals surface area contributed by atoms with Crippen molar-refractivity contribution in [3.05, 3.63) is 48.7 Å². The number of fused-ring (bicyclic) bond motifs is 5. The average Bonchev–Trinajstić information content (AvgIpc) is 3.60. The number of halogens is 1. The molecule has 4 aliphatic heterocycles. The largest absolute Gasteiger partial charge is 0.508 e. The van der Waals surface area contributed by atoms with Gasteiger partial charge in [0, 0.05) is 49.9 Å². The van der Waals surface area contributed by atoms with Crippen LogP contribution in [0.5, 0.6) is 11.8 Å². The van der Waals surface area contributed by atoms with Gasteiger partial charge in [0.1, 0.15) is 24.0 Å². The van der Waals surface area contributed by atoms with Gasteiger partial charge in [0.25, 0.3) is 0 Å². The summed E-state index contributed by atoms with van der Waals surface area (Å²) in [5.41, 5.74) is 2.94. The lowest BCUT2D eigenvalue weighted by molar-refractivity contribution is 0.107. The molecule has 0 amide bonds. The summed E-state index contributed by atoms with van der Waals surface area (Å²) in [5, 5.41) is 16.1. The molecule has 4 aromatic rings. The molecule has 2 bridgehead atoms. The molecule has 6 heterocycles. The zero-order chi connectivity index (χ0) is 26.8. The summed E-state index contributed by atoms with van der Waals surface area (Å²) in [6.45, 7) is 3.52. The van der Waals surface area contributed by atoms with Gasteiger partial charge in [-0.3, -0.25) is 9.88 Å². The fraction of sp³-hybridized carbons (Fsp3) is 0.452. The average molecular weight is 541 g/mol. The highest BCUT2D eigenvalue weighted by Gasteiger charge is 2.49. The highest BCUT2D eigenvalue weighted by atomic mass is 19.1. The molecule has 0 radical (unpaired) electrons. The Morgan fingerprint density at radius 3 is 2.80 bits per heavy atom. The molecule has 9 heteroatoms. The molecule has 2 aromatic carbocycles. The molecule has 0 saturated carbocycles. The van der Waals surface area contributed by atoms with Gasteiger partial charge in [0.05, 0.1) is 11.1 Å². The predicted octanol–water partition coefficient (Wildman–Crippen LogP) is 4.45. The number of aromatic nitrogens is 3. The molecule has 4 atom stereocenters. The molecule has 8 nitrogen and oxygen atoms in total. The zero-order valence-corrected chi connectivity index (χ0v) is 22.4. The highest BCUT2D eigenvalue weighted by molar-refractivity contribution is 5.99. The van der Waals surface area contributed by atoms with Crippen molar-refractivity contribution in [2.75, 3.05) is 37.7 Å². The SMILES string of the molecule is Oc1cc(-c2cnc3c(N4C[C@H]5CC[C@@H](C4)N5)nc(OC[C@@]45CCCN4C[C@H](F)C5)nc3c2)c2ccccc2c1. The van der Waals surface area contributed by atoms with E-state index in [0.717, 1.165) is 65.7 Å². The van der Waals surface area contributed by atoms with Gasteiger partial charge >= 0.3 is 6.01 Å². The number of benzene rings is 2. The monoisotopic (exact) mass is 540 g/mol. The van der Waals surface area contributed by atoms with Gasteiger partial charge in [0.15, 0.2) is 5.82 Å². The zero-order valence-electron chi connectivity index (χ0n) is 22.4. The van der Waals surface area contributed by atoms with Gasteiger partial charge in [0.2, 0.25) is 0 Å². The number of nitrogens with zero attached hydrogens (tertiary/aromatic N) is 5. The van der Waals surface area contributed by atoms with Crippen LogP contribution in [0.25, 0.3) is 32.9 Å². The summed E-state index contributed by atoms with van der Waals surface area (Å²) in [6.07, 6.45) is 5.88. The van der Waals surface area contributed by atoms with Crippen LogP contribution in [-0.4, -0.2) is 81.5 Å². The van der Waals surface area contributed by atoms with Crippen LogP contribution in [0.3, 0.4) is 0 Å². The summed E-state index contributed by atoms with van der Waals surface area (Å²) in [4.78, 5) is 19.2. The fourth-order valence-electron chi connectivity index (χ4n) is 7.57. The number of hydrogen-bond acceptors (Lipinski definition) is 8. The smallest absolute Gasteiger partial charge is 0.319 e. The Hall–Kier alpha value is -3.56. The van der Waals surface area contributed by atoms with Crippen molar-refractivity contribution >= 4 is 27.6 Å². The number of piperazine rings is 1. The van der Waals surface area contributed by atoms with E-state index in [4.69, 9.17) is 19.7 Å². The van der Waals surface area contributed by atoms with Gasteiger partial charge in [-0.2, -0.15) is 9.97 Å². The third kappa shape index (κ3) is 4.06. The van der Waals surface area contributed by atoms with Gasteiger partial charge in [-0.05, 0) is 66.8 Å². The highest BCUT2D eigenvalue weighted by Crippen LogP contribution is 2.41. The molecule has 2 aromatic heterocycles. The van der Waals surface area contributed by atoms with Crippen LogP contribution >= 0.6 is 0 Å². The topological polar surface area (TPSA) is 86.6 Å². The van der Waals surface area contributed by atoms with E-state index >= 15 is 0 Å². The van der Waals surface area contributed by atoms with E-state index in [1.54, 1.807) is 12.1 Å². The lowest BCUT2D eigenvalue weighted by Gasteiger charge is -2.34. The Morgan fingerprint density at radius 2 is 1.93 bits per heavy atom. The molecule has 0 unspecified atom stereocenters. The second kappa shape index (κ2) is 9.24. The fourth-order valence-corrected chi connectivity index (χ4v) is 7.57. The van der Waals surface area contributed by atoms with Gasteiger partial charge in [-0.25, -0.2) is 4.39 Å². The van der Waals surface area contributed by atoms with Crippen molar-refractivity contribution in [3.8, 4) is 22.9 Å². The third-order valence-corrected chi connectivity index (χ3v) is 9.40. The molecule has 4 saturated heterocycles. The first-order chi connectivity index (χ1) is 19.5. The summed E-state index contributed by atoms with van der Waals surface area (Å²) in [5.74, 6) is 1.00. The van der Waals surface area contributed by atoms with E-state index in [0.29, 0.717) is 43.2 Å². The second-order valence-corrected chi connectivity index (χ2v) is 12.0. The van der Waals surface area contributed by atoms with Gasteiger partial charge in [-0.15, -0.1) is 0 Å². The number of pyridine rings is 1. The first-order valence-corrected chi connectivity index (χ1v) is 14.5. The number of rotatable bonds is 5. The molecular formula is C31H33FN6O2. The number of alkyl halides is 1. The van der Waals surface area contributed by atoms with Crippen molar-refractivity contribution in [2.45, 2.75) is 55.9 Å². The molecule has 0 aliphatic carbocycles. The summed E-state index contributed by atoms with van der Waals surface area (Å²) in [6, 6.07) is 14.8. The number of aromatic hydroxyl groups is 1. The standard InChI is InChI=1S/C31H33FN6O2/c32-21-13-31(8-3-9-38(31)15-21)18-40-30-35-27-11-20(26-12-24(39)10-19-4-1-2-5-25(19)26)14-33-28(27)29(36-30)37-16-22-6-7-23(17-37)34-22/h1-2,4-5,10-12,14,21-23,34,39H,3,6-9,13,15-18H2/t21-,22-,23+,31+/m1/s1. The first-order valence-electron chi connectivity index (χ1n) is 14.5. The normalized spacial score (nSPS) is 28.0. The lowest BCUT2D eigenvalue weighted by atomic mass is 9.95. The maximum Gasteiger partial charge on any atom is 0.319 e. The van der Waals surface area contributed by atoms with Crippen LogP contribution in [-0.2, 0) is 0 Å². The van der Waals surface area contributed by atoms with E-state index in [1.807, 2.05) is 30.5 Å². The molecule has 0 spiro atoms. The maximum absolute atomic E-state index is 14.4. The number of phenols is 1. The number of phenolic OH excluding ortho intramolecular Hbond substituents is 1. The Morgan fingerprint density at radius 1 is 1.07 bits per heavy atom. The molecule has 206 valence electrons. The number of anilines is 1. The predicted molar refractivity (Wildman–Crippen MR) is 153 cm³/mol. The summed E-state index contributed by atoms with van der Waals surface area (Å²) >= 11 is 0. The molecule has 4 fully saturated rings. The summed E-state index contributed by atoms with van der Waals surface area (Å²) < 4.78 is 20.7. The number of ether oxygens (including phenoxy) is 1. The third-order valence-electron chi connectivity index (χ3n) is 9.40. The maximum atomic E-state index is 14.4. The minimum Gasteiger partial charge on any atom is -0.508 e. The minimum atomic E-state index is -0.808. The number of nitrogens with one attached hydrogen (secondary N) is 1. The van der Waals surface area contributed by atoms with Crippen molar-refractivity contribution in [1.29, 1.82) is 0 Å². The minimum absolute atomic E-state index is 0.209. The van der Waals surface area contributed by atoms with E-state index in [9.17, 15) is 9.50 Å². The van der Waals surface area contributed by atoms with Gasteiger partial charge in [-0.1, -0.05) is 24.3 Å². The lowest BCUT2D eigenvalue weighted by Crippen LogP contribution is -2.51. The Bertz CT molecular complexity index is 1600. The first kappa shape index (κ1) is 24.3. The van der Waals surface area contributed by atoms with E-state index < -0.39 is 6.17 Å². The van der Waals surface area contributed by atoms with Crippen LogP contribution in [0.4, 0.5) is 10.2 Å². The Balaban J connectivity index is 1.21. The molecular weight excluding hydrogens is 507 g/mol. The Labute approximate surface area is 232 Å².